The number of rotatable bonds is 3. The summed E-state index contributed by atoms with van der Waals surface area (Å²) in [5.41, 5.74) is 0.914. The minimum atomic E-state index is -0.322. The molecule has 0 spiro atoms. The lowest BCUT2D eigenvalue weighted by molar-refractivity contribution is -0.0442. The summed E-state index contributed by atoms with van der Waals surface area (Å²) >= 11 is 0. The molecule has 3 nitrogen and oxygen atoms in total. The SMILES string of the molecule is Fc1ccc(Oc2cccc(C3OCCO3)c2)cc1. The Balaban J connectivity index is 1.77. The Hall–Kier alpha value is -1.91. The van der Waals surface area contributed by atoms with E-state index in [2.05, 4.69) is 0 Å². The maximum absolute atomic E-state index is 12.8. The van der Waals surface area contributed by atoms with Crippen LogP contribution in [0.3, 0.4) is 0 Å². The first-order chi connectivity index (χ1) is 9.31. The molecule has 1 aliphatic heterocycles. The number of hydrogen-bond donors (Lipinski definition) is 0. The highest BCUT2D eigenvalue weighted by molar-refractivity contribution is 5.34. The van der Waals surface area contributed by atoms with Crippen LogP contribution in [0.1, 0.15) is 11.9 Å². The van der Waals surface area contributed by atoms with Crippen molar-refractivity contribution in [3.8, 4) is 11.5 Å². The molecule has 0 atom stereocenters. The fourth-order valence-corrected chi connectivity index (χ4v) is 1.91. The second-order valence-corrected chi connectivity index (χ2v) is 4.20. The third-order valence-corrected chi connectivity index (χ3v) is 2.80. The Labute approximate surface area is 110 Å². The topological polar surface area (TPSA) is 27.7 Å². The molecule has 2 aromatic rings. The third kappa shape index (κ3) is 2.92. The van der Waals surface area contributed by atoms with E-state index in [0.717, 1.165) is 5.56 Å². The first-order valence-electron chi connectivity index (χ1n) is 6.08. The summed E-state index contributed by atoms with van der Waals surface area (Å²) in [7, 11) is 0. The molecule has 0 N–H and O–H groups in total. The molecule has 4 heteroatoms. The van der Waals surface area contributed by atoms with E-state index in [1.54, 1.807) is 12.1 Å². The van der Waals surface area contributed by atoms with Crippen molar-refractivity contribution in [2.24, 2.45) is 0 Å². The van der Waals surface area contributed by atoms with Crippen LogP contribution in [-0.2, 0) is 9.47 Å². The van der Waals surface area contributed by atoms with Crippen LogP contribution in [0.4, 0.5) is 4.39 Å². The van der Waals surface area contributed by atoms with Gasteiger partial charge in [-0.15, -0.1) is 0 Å². The van der Waals surface area contributed by atoms with Gasteiger partial charge in [-0.2, -0.15) is 0 Å². The molecule has 0 saturated carbocycles. The Morgan fingerprint density at radius 3 is 2.42 bits per heavy atom. The van der Waals surface area contributed by atoms with E-state index in [1.165, 1.54) is 12.1 Å². The van der Waals surface area contributed by atoms with Crippen molar-refractivity contribution in [3.05, 3.63) is 59.9 Å². The maximum atomic E-state index is 12.8. The Kier molecular flexibility index (Phi) is 3.44. The lowest BCUT2D eigenvalue weighted by atomic mass is 10.2. The van der Waals surface area contributed by atoms with Gasteiger partial charge in [0, 0.05) is 5.56 Å². The van der Waals surface area contributed by atoms with Crippen molar-refractivity contribution in [2.75, 3.05) is 13.2 Å². The standard InChI is InChI=1S/C15H13FO3/c16-12-4-6-13(7-5-12)19-14-3-1-2-11(10-14)15-17-8-9-18-15/h1-7,10,15H,8-9H2. The molecule has 19 heavy (non-hydrogen) atoms. The van der Waals surface area contributed by atoms with Crippen LogP contribution in [0.2, 0.25) is 0 Å². The highest BCUT2D eigenvalue weighted by Gasteiger charge is 2.18. The quantitative estimate of drug-likeness (QED) is 0.842. The lowest BCUT2D eigenvalue weighted by Gasteiger charge is -2.11. The first kappa shape index (κ1) is 12.1. The zero-order chi connectivity index (χ0) is 13.1. The minimum absolute atomic E-state index is 0.283. The minimum Gasteiger partial charge on any atom is -0.457 e. The van der Waals surface area contributed by atoms with Crippen LogP contribution in [0, 0.1) is 5.82 Å². The summed E-state index contributed by atoms with van der Waals surface area (Å²) in [5.74, 6) is 0.976. The summed E-state index contributed by atoms with van der Waals surface area (Å²) in [6, 6.07) is 13.4. The van der Waals surface area contributed by atoms with Gasteiger partial charge in [-0.1, -0.05) is 12.1 Å². The number of benzene rings is 2. The van der Waals surface area contributed by atoms with Gasteiger partial charge in [0.2, 0.25) is 0 Å². The second-order valence-electron chi connectivity index (χ2n) is 4.20. The van der Waals surface area contributed by atoms with Crippen LogP contribution in [0.15, 0.2) is 48.5 Å². The molecular weight excluding hydrogens is 247 g/mol. The molecule has 1 aliphatic rings. The van der Waals surface area contributed by atoms with Crippen LogP contribution in [-0.4, -0.2) is 13.2 Å². The Morgan fingerprint density at radius 2 is 1.68 bits per heavy atom. The van der Waals surface area contributed by atoms with Gasteiger partial charge in [-0.25, -0.2) is 4.39 Å². The fraction of sp³-hybridized carbons (Fsp3) is 0.200. The van der Waals surface area contributed by atoms with Crippen molar-refractivity contribution >= 4 is 0 Å². The van der Waals surface area contributed by atoms with E-state index in [-0.39, 0.29) is 12.1 Å². The molecular formula is C15H13FO3. The zero-order valence-corrected chi connectivity index (χ0v) is 10.2. The van der Waals surface area contributed by atoms with E-state index in [0.29, 0.717) is 24.7 Å². The average Bonchev–Trinajstić information content (AvgIpc) is 2.96. The molecule has 98 valence electrons. The zero-order valence-electron chi connectivity index (χ0n) is 10.2. The lowest BCUT2D eigenvalue weighted by Crippen LogP contribution is -1.98. The Bertz CT molecular complexity index is 548. The molecule has 0 unspecified atom stereocenters. The van der Waals surface area contributed by atoms with Gasteiger partial charge in [0.15, 0.2) is 6.29 Å². The molecule has 0 aliphatic carbocycles. The summed E-state index contributed by atoms with van der Waals surface area (Å²) < 4.78 is 29.3. The van der Waals surface area contributed by atoms with E-state index in [4.69, 9.17) is 14.2 Å². The van der Waals surface area contributed by atoms with Crippen LogP contribution < -0.4 is 4.74 Å². The molecule has 0 amide bonds. The van der Waals surface area contributed by atoms with Crippen LogP contribution in [0.25, 0.3) is 0 Å². The van der Waals surface area contributed by atoms with Crippen LogP contribution >= 0.6 is 0 Å². The van der Waals surface area contributed by atoms with Crippen molar-refractivity contribution in [1.29, 1.82) is 0 Å². The number of halogens is 1. The highest BCUT2D eigenvalue weighted by atomic mass is 19.1. The van der Waals surface area contributed by atoms with Crippen molar-refractivity contribution in [3.63, 3.8) is 0 Å². The van der Waals surface area contributed by atoms with Gasteiger partial charge in [0.05, 0.1) is 13.2 Å². The molecule has 1 saturated heterocycles. The molecule has 2 aromatic carbocycles. The predicted octanol–water partition coefficient (Wildman–Crippen LogP) is 3.66. The first-order valence-corrected chi connectivity index (χ1v) is 6.08. The smallest absolute Gasteiger partial charge is 0.184 e. The van der Waals surface area contributed by atoms with Crippen molar-refractivity contribution in [1.82, 2.24) is 0 Å². The molecule has 0 radical (unpaired) electrons. The van der Waals surface area contributed by atoms with Gasteiger partial charge >= 0.3 is 0 Å². The normalized spacial score (nSPS) is 15.6. The molecule has 1 fully saturated rings. The van der Waals surface area contributed by atoms with E-state index in [9.17, 15) is 4.39 Å². The van der Waals surface area contributed by atoms with Gasteiger partial charge in [0.25, 0.3) is 0 Å². The van der Waals surface area contributed by atoms with Crippen molar-refractivity contribution in [2.45, 2.75) is 6.29 Å². The second kappa shape index (κ2) is 5.38. The summed E-state index contributed by atoms with van der Waals surface area (Å²) in [6.45, 7) is 1.21. The van der Waals surface area contributed by atoms with Gasteiger partial charge < -0.3 is 14.2 Å². The predicted molar refractivity (Wildman–Crippen MR) is 67.6 cm³/mol. The maximum Gasteiger partial charge on any atom is 0.184 e. The van der Waals surface area contributed by atoms with Crippen LogP contribution in [0.5, 0.6) is 11.5 Å². The molecule has 0 bridgehead atoms. The number of ether oxygens (including phenoxy) is 3. The van der Waals surface area contributed by atoms with Crippen molar-refractivity contribution < 1.29 is 18.6 Å². The monoisotopic (exact) mass is 260 g/mol. The van der Waals surface area contributed by atoms with Gasteiger partial charge in [0.1, 0.15) is 17.3 Å². The molecule has 0 aromatic heterocycles. The van der Waals surface area contributed by atoms with E-state index in [1.807, 2.05) is 24.3 Å². The third-order valence-electron chi connectivity index (χ3n) is 2.80. The van der Waals surface area contributed by atoms with E-state index < -0.39 is 0 Å². The Morgan fingerprint density at radius 1 is 0.947 bits per heavy atom. The number of hydrogen-bond acceptors (Lipinski definition) is 3. The summed E-state index contributed by atoms with van der Waals surface area (Å²) in [5, 5.41) is 0. The summed E-state index contributed by atoms with van der Waals surface area (Å²) in [4.78, 5) is 0. The molecule has 1 heterocycles. The average molecular weight is 260 g/mol. The van der Waals surface area contributed by atoms with Gasteiger partial charge in [-0.3, -0.25) is 0 Å². The van der Waals surface area contributed by atoms with E-state index >= 15 is 0 Å². The summed E-state index contributed by atoms with van der Waals surface area (Å²) in [6.07, 6.45) is -0.322. The fourth-order valence-electron chi connectivity index (χ4n) is 1.91. The van der Waals surface area contributed by atoms with Gasteiger partial charge in [-0.05, 0) is 36.4 Å². The molecule has 3 rings (SSSR count). The largest absolute Gasteiger partial charge is 0.457 e. The highest BCUT2D eigenvalue weighted by Crippen LogP contribution is 2.28.